The highest BCUT2D eigenvalue weighted by atomic mass is 32.2. The van der Waals surface area contributed by atoms with Gasteiger partial charge in [0.2, 0.25) is 0 Å². The largest absolute Gasteiger partial charge is 0.394 e. The van der Waals surface area contributed by atoms with Crippen molar-refractivity contribution in [1.29, 1.82) is 0 Å². The number of aliphatic hydroxyl groups is 4. The van der Waals surface area contributed by atoms with E-state index in [1.54, 1.807) is 49.1 Å². The van der Waals surface area contributed by atoms with Crippen LogP contribution >= 0.6 is 47.0 Å². The van der Waals surface area contributed by atoms with Gasteiger partial charge in [0.15, 0.2) is 20.7 Å². The summed E-state index contributed by atoms with van der Waals surface area (Å²) < 4.78 is 42.5. The number of nitrogens with two attached hydrogens (primary N) is 1. The number of benzene rings is 3. The Morgan fingerprint density at radius 2 is 0.862 bits per heavy atom. The molecule has 480 valence electrons. The number of amidine groups is 4. The first-order valence-electron chi connectivity index (χ1n) is 29.7. The van der Waals surface area contributed by atoms with Gasteiger partial charge in [0.25, 0.3) is 0 Å². The molecule has 4 fully saturated rings. The van der Waals surface area contributed by atoms with E-state index in [9.17, 15) is 25.2 Å². The van der Waals surface area contributed by atoms with E-state index in [2.05, 4.69) is 43.1 Å². The molecule has 0 aromatic heterocycles. The smallest absolute Gasteiger partial charge is 0.161 e. The number of ether oxygens (including phenoxy) is 7. The molecular weight excluding hydrogens is 1190 g/mol. The number of aliphatic imine (C=N–C) groups is 4. The van der Waals surface area contributed by atoms with Crippen LogP contribution in [0.4, 0.5) is 0 Å². The lowest BCUT2D eigenvalue weighted by Crippen LogP contribution is -2.59. The number of aliphatic hydroxyl groups excluding tert-OH is 4. The average molecular weight is 1280 g/mol. The SMILES string of the molecule is CC(O)[C@H]1O[C@@H]2SC(N(C)C)=N[C@@H]2[C@@H](OCc2ccccc2)[C@@H]1C.C[C@H](N)[C@H]1O[C@@H]2SC(N(C)C)=N[C@@H]2[C@@H](O)[C@@H]1O.C[C@H]1[C@H](OCc2ccccc2)[C@H]2N=C(N(C)C)S[C@H]2O[C@@H]1C=O.C[C@H]1[C@H](OCc2ccccc2)[C@H]2N=C(N(C)C)S[C@H]2O[C@@H]1CO. The molecule has 8 heterocycles. The molecule has 11 rings (SSSR count). The Morgan fingerprint density at radius 3 is 1.23 bits per heavy atom. The number of carbonyl (C=O) groups is 1. The normalized spacial score (nSPS) is 35.2. The zero-order chi connectivity index (χ0) is 62.8. The summed E-state index contributed by atoms with van der Waals surface area (Å²) in [6.07, 6.45) is -3.26. The quantitative estimate of drug-likeness (QED) is 0.137. The Balaban J connectivity index is 0.000000152. The second-order valence-electron chi connectivity index (χ2n) is 23.9. The molecule has 0 aliphatic carbocycles. The van der Waals surface area contributed by atoms with E-state index in [1.807, 2.05) is 150 Å². The average Bonchev–Trinajstić information content (AvgIpc) is 2.38. The van der Waals surface area contributed by atoms with Crippen LogP contribution in [0.25, 0.3) is 0 Å². The Morgan fingerprint density at radius 1 is 0.517 bits per heavy atom. The van der Waals surface area contributed by atoms with Crippen LogP contribution in [0, 0.1) is 17.8 Å². The van der Waals surface area contributed by atoms with Gasteiger partial charge in [-0.1, -0.05) is 159 Å². The number of hydrogen-bond donors (Lipinski definition) is 5. The Labute approximate surface area is 530 Å². The van der Waals surface area contributed by atoms with Crippen LogP contribution < -0.4 is 5.73 Å². The van der Waals surface area contributed by atoms with Crippen LogP contribution in [0.2, 0.25) is 0 Å². The first kappa shape index (κ1) is 69.0. The van der Waals surface area contributed by atoms with Crippen molar-refractivity contribution >= 4 is 74.0 Å². The molecule has 6 N–H and O–H groups in total. The highest BCUT2D eigenvalue weighted by molar-refractivity contribution is 8.15. The fraction of sp³-hybridized carbons (Fsp3) is 0.629. The molecule has 87 heavy (non-hydrogen) atoms. The van der Waals surface area contributed by atoms with Crippen molar-refractivity contribution in [3.63, 3.8) is 0 Å². The van der Waals surface area contributed by atoms with Crippen molar-refractivity contribution in [3.05, 3.63) is 108 Å². The fourth-order valence-electron chi connectivity index (χ4n) is 11.2. The summed E-state index contributed by atoms with van der Waals surface area (Å²) in [5.41, 5.74) is 8.55. The van der Waals surface area contributed by atoms with Crippen LogP contribution in [-0.4, -0.2) is 243 Å². The first-order chi connectivity index (χ1) is 41.6. The fourth-order valence-corrected chi connectivity index (χ4v) is 15.8. The second kappa shape index (κ2) is 31.9. The van der Waals surface area contributed by atoms with Gasteiger partial charge in [-0.15, -0.1) is 0 Å². The van der Waals surface area contributed by atoms with E-state index >= 15 is 0 Å². The van der Waals surface area contributed by atoms with Gasteiger partial charge in [-0.2, -0.15) is 0 Å². The summed E-state index contributed by atoms with van der Waals surface area (Å²) in [7, 11) is 15.6. The minimum atomic E-state index is -0.984. The number of hydrogen-bond acceptors (Lipinski definition) is 25. The molecule has 1 unspecified atom stereocenters. The van der Waals surface area contributed by atoms with Crippen LogP contribution in [0.1, 0.15) is 51.3 Å². The van der Waals surface area contributed by atoms with Gasteiger partial charge >= 0.3 is 0 Å². The van der Waals surface area contributed by atoms with Gasteiger partial charge in [-0.25, -0.2) is 0 Å². The lowest BCUT2D eigenvalue weighted by molar-refractivity contribution is -0.165. The number of fused-ring (bicyclic) bond motifs is 4. The van der Waals surface area contributed by atoms with Crippen molar-refractivity contribution < 1.29 is 58.4 Å². The van der Waals surface area contributed by atoms with Crippen molar-refractivity contribution in [3.8, 4) is 0 Å². The summed E-state index contributed by atoms with van der Waals surface area (Å²) >= 11 is 6.25. The van der Waals surface area contributed by atoms with E-state index in [4.69, 9.17) is 53.9 Å². The molecule has 0 amide bonds. The minimum Gasteiger partial charge on any atom is -0.394 e. The molecule has 21 nitrogen and oxygen atoms in total. The topological polar surface area (TPSA) is 251 Å². The molecular formula is C62H91N9O12S4. The van der Waals surface area contributed by atoms with E-state index in [0.29, 0.717) is 19.8 Å². The summed E-state index contributed by atoms with van der Waals surface area (Å²) in [5.74, 6) is 0.139. The monoisotopic (exact) mass is 1280 g/mol. The van der Waals surface area contributed by atoms with Crippen molar-refractivity contribution in [1.82, 2.24) is 19.6 Å². The zero-order valence-corrected chi connectivity index (χ0v) is 55.4. The van der Waals surface area contributed by atoms with Crippen molar-refractivity contribution in [2.45, 2.75) is 167 Å². The third-order valence-electron chi connectivity index (χ3n) is 16.1. The summed E-state index contributed by atoms with van der Waals surface area (Å²) in [6.45, 7) is 11.3. The lowest BCUT2D eigenvalue weighted by atomic mass is 9.87. The molecule has 25 heteroatoms. The Hall–Kier alpha value is -3.87. The first-order valence-corrected chi connectivity index (χ1v) is 33.2. The summed E-state index contributed by atoms with van der Waals surface area (Å²) in [6, 6.07) is 29.5. The van der Waals surface area contributed by atoms with E-state index in [1.165, 1.54) is 11.8 Å². The standard InChI is InChI=1S/C18H26N2O3S.C17H24N2O3S.C17H22N2O3S.C10H19N3O3S/c1-11-15(12(2)21)23-17-14(19-18(24-17)20(3)4)16(11)22-10-13-8-6-5-7-9-13;2*1-11-13(9-20)22-16-14(18-17(23-16)19(2)3)15(11)21-10-12-7-5-4-6-8-12;1-4(11)8-7(15)6(14)5-9(16-8)17-10(12-5)13(2)3/h5-9,11-12,14-17,21H,10H2,1-4H3;4-8,11,13-16,20H,9-10H2,1-3H3;4-9,11,13-16H,10H2,1-3H3;4-9,14-15H,11H2,1-3H3/t11-,12?,14-,15+,16+,17-;2*11-,13-,14-,15+,16-;4-,5+,6+,7-,8+,9+/m1110/s1. The van der Waals surface area contributed by atoms with Crippen molar-refractivity contribution in [2.75, 3.05) is 63.0 Å². The molecule has 8 aliphatic heterocycles. The molecule has 0 spiro atoms. The number of nitrogens with zero attached hydrogens (tertiary/aromatic N) is 8. The Bertz CT molecular complexity index is 2760. The van der Waals surface area contributed by atoms with Gasteiger partial charge in [-0.3, -0.25) is 20.0 Å². The molecule has 4 saturated heterocycles. The molecule has 0 bridgehead atoms. The number of thioether (sulfide) groups is 4. The number of rotatable bonds is 13. The van der Waals surface area contributed by atoms with Crippen molar-refractivity contribution in [2.24, 2.45) is 43.5 Å². The predicted octanol–water partition coefficient (Wildman–Crippen LogP) is 5.28. The maximum atomic E-state index is 11.4. The maximum absolute atomic E-state index is 11.4. The molecule has 3 aromatic carbocycles. The van der Waals surface area contributed by atoms with E-state index in [0.717, 1.165) is 43.6 Å². The van der Waals surface area contributed by atoms with Crippen LogP contribution in [0.15, 0.2) is 111 Å². The van der Waals surface area contributed by atoms with Crippen LogP contribution in [-0.2, 0) is 57.8 Å². The maximum Gasteiger partial charge on any atom is 0.161 e. The molecule has 0 saturated carbocycles. The number of aldehydes is 1. The van der Waals surface area contributed by atoms with Crippen LogP contribution in [0.5, 0.6) is 0 Å². The van der Waals surface area contributed by atoms with Crippen LogP contribution in [0.3, 0.4) is 0 Å². The highest BCUT2D eigenvalue weighted by Gasteiger charge is 2.53. The third kappa shape index (κ3) is 17.2. The van der Waals surface area contributed by atoms with E-state index in [-0.39, 0.29) is 101 Å². The summed E-state index contributed by atoms with van der Waals surface area (Å²) in [4.78, 5) is 37.9. The molecule has 8 aliphatic rings. The minimum absolute atomic E-state index is 0.00738. The Kier molecular flexibility index (Phi) is 25.3. The third-order valence-corrected chi connectivity index (χ3v) is 21.4. The predicted molar refractivity (Wildman–Crippen MR) is 348 cm³/mol. The molecule has 0 radical (unpaired) electrons. The number of carbonyl (C=O) groups excluding carboxylic acids is 1. The van der Waals surface area contributed by atoms with Gasteiger partial charge in [0.1, 0.15) is 76.6 Å². The van der Waals surface area contributed by atoms with Gasteiger partial charge in [0, 0.05) is 80.2 Å². The summed E-state index contributed by atoms with van der Waals surface area (Å²) in [5, 5.41) is 43.3. The second-order valence-corrected chi connectivity index (χ2v) is 28.1. The van der Waals surface area contributed by atoms with E-state index < -0.39 is 36.6 Å². The molecule has 3 aromatic rings. The van der Waals surface area contributed by atoms with Gasteiger partial charge < -0.3 is 83.7 Å². The van der Waals surface area contributed by atoms with Gasteiger partial charge in [0.05, 0.1) is 63.1 Å². The highest BCUT2D eigenvalue weighted by Crippen LogP contribution is 2.44. The lowest BCUT2D eigenvalue weighted by Gasteiger charge is -2.42. The zero-order valence-electron chi connectivity index (χ0n) is 52.1. The molecule has 22 atom stereocenters. The van der Waals surface area contributed by atoms with Gasteiger partial charge in [-0.05, 0) is 30.5 Å².